The van der Waals surface area contributed by atoms with Crippen molar-refractivity contribution in [3.8, 4) is 5.75 Å². The summed E-state index contributed by atoms with van der Waals surface area (Å²) in [6.45, 7) is 0. The number of rotatable bonds is 5. The van der Waals surface area contributed by atoms with Gasteiger partial charge in [-0.1, -0.05) is 72.3 Å². The van der Waals surface area contributed by atoms with E-state index in [-0.39, 0.29) is 5.78 Å². The Balaban J connectivity index is 1.65. The quantitative estimate of drug-likeness (QED) is 0.262. The zero-order valence-electron chi connectivity index (χ0n) is 13.8. The van der Waals surface area contributed by atoms with Crippen LogP contribution in [0.4, 0.5) is 0 Å². The van der Waals surface area contributed by atoms with E-state index in [2.05, 4.69) is 0 Å². The predicted octanol–water partition coefficient (Wildman–Crippen LogP) is 5.46. The fraction of sp³-hybridized carbons (Fsp3) is 0. The van der Waals surface area contributed by atoms with Crippen LogP contribution in [0.25, 0.3) is 6.08 Å². The molecule has 0 unspecified atom stereocenters. The normalized spacial score (nSPS) is 10.7. The molecule has 0 saturated heterocycles. The Morgan fingerprint density at radius 1 is 0.808 bits per heavy atom. The molecule has 0 radical (unpaired) electrons. The third kappa shape index (κ3) is 4.47. The molecule has 3 aromatic rings. The predicted molar refractivity (Wildman–Crippen MR) is 103 cm³/mol. The monoisotopic (exact) mass is 362 g/mol. The fourth-order valence-corrected chi connectivity index (χ4v) is 2.52. The molecule has 3 nitrogen and oxygen atoms in total. The molecule has 0 spiro atoms. The number of carbonyl (C=O) groups is 2. The highest BCUT2D eigenvalue weighted by molar-refractivity contribution is 6.33. The molecule has 0 atom stereocenters. The number of halogens is 1. The highest BCUT2D eigenvalue weighted by atomic mass is 35.5. The maximum Gasteiger partial charge on any atom is 0.345 e. The van der Waals surface area contributed by atoms with E-state index >= 15 is 0 Å². The summed E-state index contributed by atoms with van der Waals surface area (Å²) in [5.41, 5.74) is 1.77. The first-order valence-electron chi connectivity index (χ1n) is 7.98. The molecule has 0 fully saturated rings. The first kappa shape index (κ1) is 17.6. The van der Waals surface area contributed by atoms with Gasteiger partial charge >= 0.3 is 5.97 Å². The van der Waals surface area contributed by atoms with Crippen molar-refractivity contribution in [3.63, 3.8) is 0 Å². The Morgan fingerprint density at radius 3 is 2.15 bits per heavy atom. The molecule has 0 heterocycles. The topological polar surface area (TPSA) is 43.4 Å². The Morgan fingerprint density at radius 2 is 1.46 bits per heavy atom. The van der Waals surface area contributed by atoms with Crippen LogP contribution in [0.15, 0.2) is 84.9 Å². The number of hydrogen-bond acceptors (Lipinski definition) is 3. The standard InChI is InChI=1S/C22H15ClO3/c23-20-9-5-4-8-19(20)22(25)26-18-13-10-16(11-14-18)12-15-21(24)17-6-2-1-3-7-17/h1-15H/b15-12+. The summed E-state index contributed by atoms with van der Waals surface area (Å²) in [4.78, 5) is 24.2. The van der Waals surface area contributed by atoms with Gasteiger partial charge in [-0.25, -0.2) is 4.79 Å². The molecule has 26 heavy (non-hydrogen) atoms. The third-order valence-electron chi connectivity index (χ3n) is 3.67. The molecule has 0 aliphatic carbocycles. The molecule has 3 aromatic carbocycles. The van der Waals surface area contributed by atoms with Gasteiger partial charge in [0.1, 0.15) is 5.75 Å². The maximum absolute atomic E-state index is 12.1. The van der Waals surface area contributed by atoms with Gasteiger partial charge in [-0.05, 0) is 35.9 Å². The van der Waals surface area contributed by atoms with Crippen molar-refractivity contribution < 1.29 is 14.3 Å². The molecule has 128 valence electrons. The van der Waals surface area contributed by atoms with Gasteiger partial charge < -0.3 is 4.74 Å². The number of allylic oxidation sites excluding steroid dienone is 1. The lowest BCUT2D eigenvalue weighted by Crippen LogP contribution is -2.08. The number of benzene rings is 3. The largest absolute Gasteiger partial charge is 0.423 e. The average molecular weight is 363 g/mol. The van der Waals surface area contributed by atoms with E-state index in [1.165, 1.54) is 6.08 Å². The van der Waals surface area contributed by atoms with Crippen LogP contribution >= 0.6 is 11.6 Å². The van der Waals surface area contributed by atoms with Crippen LogP contribution in [-0.4, -0.2) is 11.8 Å². The molecule has 0 aliphatic rings. The molecule has 3 rings (SSSR count). The number of esters is 1. The fourth-order valence-electron chi connectivity index (χ4n) is 2.31. The van der Waals surface area contributed by atoms with Crippen molar-refractivity contribution in [2.75, 3.05) is 0 Å². The van der Waals surface area contributed by atoms with E-state index in [4.69, 9.17) is 16.3 Å². The number of ketones is 1. The highest BCUT2D eigenvalue weighted by Gasteiger charge is 2.11. The van der Waals surface area contributed by atoms with Crippen molar-refractivity contribution in [2.24, 2.45) is 0 Å². The molecule has 0 bridgehead atoms. The van der Waals surface area contributed by atoms with Crippen LogP contribution in [0.3, 0.4) is 0 Å². The van der Waals surface area contributed by atoms with Crippen LogP contribution in [0.1, 0.15) is 26.3 Å². The summed E-state index contributed by atoms with van der Waals surface area (Å²) in [7, 11) is 0. The zero-order chi connectivity index (χ0) is 18.4. The summed E-state index contributed by atoms with van der Waals surface area (Å²) in [5, 5.41) is 0.344. The van der Waals surface area contributed by atoms with E-state index in [1.807, 2.05) is 18.2 Å². The summed E-state index contributed by atoms with van der Waals surface area (Å²) >= 11 is 5.99. The lowest BCUT2D eigenvalue weighted by molar-refractivity contribution is 0.0734. The van der Waals surface area contributed by atoms with Crippen molar-refractivity contribution in [1.82, 2.24) is 0 Å². The Labute approximate surface area is 156 Å². The van der Waals surface area contributed by atoms with Crippen LogP contribution in [0, 0.1) is 0 Å². The van der Waals surface area contributed by atoms with Crippen LogP contribution < -0.4 is 4.74 Å². The Bertz CT molecular complexity index is 945. The lowest BCUT2D eigenvalue weighted by atomic mass is 10.1. The maximum atomic E-state index is 12.1. The SMILES string of the molecule is O=C(/C=C/c1ccc(OC(=O)c2ccccc2Cl)cc1)c1ccccc1. The van der Waals surface area contributed by atoms with Gasteiger partial charge in [-0.3, -0.25) is 4.79 Å². The van der Waals surface area contributed by atoms with E-state index in [9.17, 15) is 9.59 Å². The molecule has 0 N–H and O–H groups in total. The molecule has 0 saturated carbocycles. The van der Waals surface area contributed by atoms with Crippen LogP contribution in [0.2, 0.25) is 5.02 Å². The van der Waals surface area contributed by atoms with Gasteiger partial charge in [-0.15, -0.1) is 0 Å². The summed E-state index contributed by atoms with van der Waals surface area (Å²) in [6.07, 6.45) is 3.23. The van der Waals surface area contributed by atoms with Gasteiger partial charge in [-0.2, -0.15) is 0 Å². The molecule has 0 aliphatic heterocycles. The summed E-state index contributed by atoms with van der Waals surface area (Å²) in [5.74, 6) is -0.181. The van der Waals surface area contributed by atoms with Crippen LogP contribution in [-0.2, 0) is 0 Å². The number of carbonyl (C=O) groups excluding carboxylic acids is 2. The van der Waals surface area contributed by atoms with Gasteiger partial charge in [0.25, 0.3) is 0 Å². The lowest BCUT2D eigenvalue weighted by Gasteiger charge is -2.06. The smallest absolute Gasteiger partial charge is 0.345 e. The van der Waals surface area contributed by atoms with Crippen molar-refractivity contribution in [1.29, 1.82) is 0 Å². The second-order valence-corrected chi connectivity index (χ2v) is 5.91. The van der Waals surface area contributed by atoms with Gasteiger partial charge in [0.2, 0.25) is 0 Å². The van der Waals surface area contributed by atoms with Crippen molar-refractivity contribution >= 4 is 29.4 Å². The second kappa shape index (κ2) is 8.28. The minimum Gasteiger partial charge on any atom is -0.423 e. The zero-order valence-corrected chi connectivity index (χ0v) is 14.5. The number of ether oxygens (including phenoxy) is 1. The minimum atomic E-state index is -0.516. The highest BCUT2D eigenvalue weighted by Crippen LogP contribution is 2.19. The first-order valence-corrected chi connectivity index (χ1v) is 8.35. The Hall–Kier alpha value is -3.17. The summed E-state index contributed by atoms with van der Waals surface area (Å²) < 4.78 is 5.32. The molecular weight excluding hydrogens is 348 g/mol. The van der Waals surface area contributed by atoms with Crippen molar-refractivity contribution in [3.05, 3.63) is 107 Å². The average Bonchev–Trinajstić information content (AvgIpc) is 2.68. The second-order valence-electron chi connectivity index (χ2n) is 5.50. The van der Waals surface area contributed by atoms with Crippen molar-refractivity contribution in [2.45, 2.75) is 0 Å². The van der Waals surface area contributed by atoms with E-state index in [0.29, 0.717) is 21.9 Å². The van der Waals surface area contributed by atoms with E-state index in [0.717, 1.165) is 5.56 Å². The van der Waals surface area contributed by atoms with E-state index in [1.54, 1.807) is 66.7 Å². The molecule has 4 heteroatoms. The van der Waals surface area contributed by atoms with Gasteiger partial charge in [0.15, 0.2) is 5.78 Å². The van der Waals surface area contributed by atoms with Crippen LogP contribution in [0.5, 0.6) is 5.75 Å². The Kier molecular flexibility index (Phi) is 5.62. The van der Waals surface area contributed by atoms with E-state index < -0.39 is 5.97 Å². The van der Waals surface area contributed by atoms with Gasteiger partial charge in [0, 0.05) is 5.56 Å². The first-order chi connectivity index (χ1) is 12.6. The number of hydrogen-bond donors (Lipinski definition) is 0. The molecule has 0 aromatic heterocycles. The molecule has 0 amide bonds. The third-order valence-corrected chi connectivity index (χ3v) is 4.00. The van der Waals surface area contributed by atoms with Gasteiger partial charge in [0.05, 0.1) is 10.6 Å². The minimum absolute atomic E-state index is 0.0696. The molecular formula is C22H15ClO3. The summed E-state index contributed by atoms with van der Waals surface area (Å²) in [6, 6.07) is 22.6.